The van der Waals surface area contributed by atoms with Crippen molar-refractivity contribution in [2.75, 3.05) is 6.54 Å². The molecule has 3 heteroatoms. The van der Waals surface area contributed by atoms with E-state index in [4.69, 9.17) is 5.73 Å². The average Bonchev–Trinajstić information content (AvgIpc) is 2.33. The summed E-state index contributed by atoms with van der Waals surface area (Å²) in [5, 5.41) is 0.798. The predicted octanol–water partition coefficient (Wildman–Crippen LogP) is 4.62. The van der Waals surface area contributed by atoms with Crippen molar-refractivity contribution in [3.8, 4) is 0 Å². The third kappa shape index (κ3) is 4.01. The second kappa shape index (κ2) is 6.97. The van der Waals surface area contributed by atoms with Crippen molar-refractivity contribution in [3.63, 3.8) is 0 Å². The van der Waals surface area contributed by atoms with Gasteiger partial charge in [-0.25, -0.2) is 0 Å². The van der Waals surface area contributed by atoms with E-state index in [2.05, 4.69) is 52.8 Å². The van der Waals surface area contributed by atoms with E-state index >= 15 is 0 Å². The molecular weight excluding hydrogens is 306 g/mol. The van der Waals surface area contributed by atoms with Crippen LogP contribution in [0.2, 0.25) is 0 Å². The van der Waals surface area contributed by atoms with Gasteiger partial charge in [0.15, 0.2) is 0 Å². The molecule has 2 atom stereocenters. The summed E-state index contributed by atoms with van der Waals surface area (Å²) in [6, 6.07) is 6.62. The van der Waals surface area contributed by atoms with Gasteiger partial charge in [0, 0.05) is 14.6 Å². The van der Waals surface area contributed by atoms with Crippen LogP contribution < -0.4 is 5.73 Å². The lowest BCUT2D eigenvalue weighted by Crippen LogP contribution is -2.15. The van der Waals surface area contributed by atoms with Gasteiger partial charge in [0.2, 0.25) is 0 Å². The van der Waals surface area contributed by atoms with Gasteiger partial charge in [0.05, 0.1) is 0 Å². The Labute approximate surface area is 123 Å². The molecule has 1 aliphatic carbocycles. The third-order valence-electron chi connectivity index (χ3n) is 3.62. The maximum atomic E-state index is 5.71. The average molecular weight is 328 g/mol. The van der Waals surface area contributed by atoms with E-state index in [0.717, 1.165) is 28.6 Å². The quantitative estimate of drug-likeness (QED) is 0.873. The fourth-order valence-corrected chi connectivity index (χ4v) is 4.61. The Morgan fingerprint density at radius 3 is 2.94 bits per heavy atom. The van der Waals surface area contributed by atoms with Crippen LogP contribution in [-0.2, 0) is 6.42 Å². The highest BCUT2D eigenvalue weighted by atomic mass is 79.9. The van der Waals surface area contributed by atoms with Gasteiger partial charge in [-0.05, 0) is 55.5 Å². The Morgan fingerprint density at radius 2 is 2.22 bits per heavy atom. The topological polar surface area (TPSA) is 26.0 Å². The van der Waals surface area contributed by atoms with Crippen LogP contribution in [0, 0.1) is 5.92 Å². The molecule has 2 unspecified atom stereocenters. The van der Waals surface area contributed by atoms with Gasteiger partial charge in [-0.15, -0.1) is 11.8 Å². The molecule has 1 aromatic carbocycles. The second-order valence-electron chi connectivity index (χ2n) is 5.30. The molecule has 0 spiro atoms. The van der Waals surface area contributed by atoms with Crippen molar-refractivity contribution < 1.29 is 0 Å². The number of halogens is 1. The summed E-state index contributed by atoms with van der Waals surface area (Å²) in [7, 11) is 0. The fourth-order valence-electron chi connectivity index (χ4n) is 2.68. The molecule has 0 aromatic heterocycles. The lowest BCUT2D eigenvalue weighted by atomic mass is 9.91. The summed E-state index contributed by atoms with van der Waals surface area (Å²) in [6.45, 7) is 3.11. The second-order valence-corrected chi connectivity index (χ2v) is 7.56. The highest BCUT2D eigenvalue weighted by Crippen LogP contribution is 2.38. The van der Waals surface area contributed by atoms with Crippen LogP contribution in [0.15, 0.2) is 27.6 Å². The summed E-state index contributed by atoms with van der Waals surface area (Å²) in [5.41, 5.74) is 7.11. The lowest BCUT2D eigenvalue weighted by molar-refractivity contribution is 0.394. The van der Waals surface area contributed by atoms with Crippen LogP contribution >= 0.6 is 27.7 Å². The molecule has 100 valence electrons. The van der Waals surface area contributed by atoms with Crippen LogP contribution in [0.25, 0.3) is 0 Å². The van der Waals surface area contributed by atoms with Gasteiger partial charge >= 0.3 is 0 Å². The van der Waals surface area contributed by atoms with Crippen LogP contribution in [0.4, 0.5) is 0 Å². The van der Waals surface area contributed by atoms with Crippen molar-refractivity contribution in [2.45, 2.75) is 49.2 Å². The van der Waals surface area contributed by atoms with Crippen molar-refractivity contribution in [1.29, 1.82) is 0 Å². The molecule has 1 nitrogen and oxygen atoms in total. The molecule has 1 aliphatic rings. The first-order valence-electron chi connectivity index (χ1n) is 6.84. The maximum Gasteiger partial charge on any atom is 0.0178 e. The summed E-state index contributed by atoms with van der Waals surface area (Å²) < 4.78 is 1.16. The lowest BCUT2D eigenvalue weighted by Gasteiger charge is -2.26. The zero-order chi connectivity index (χ0) is 13.0. The van der Waals surface area contributed by atoms with E-state index in [-0.39, 0.29) is 0 Å². The number of hydrogen-bond acceptors (Lipinski definition) is 2. The zero-order valence-corrected chi connectivity index (χ0v) is 13.4. The molecule has 1 aromatic rings. The molecule has 18 heavy (non-hydrogen) atoms. The Bertz CT molecular complexity index is 394. The monoisotopic (exact) mass is 327 g/mol. The third-order valence-corrected chi connectivity index (χ3v) is 5.53. The normalized spacial score (nSPS) is 24.2. The largest absolute Gasteiger partial charge is 0.330 e. The number of hydrogen-bond donors (Lipinski definition) is 1. The maximum absolute atomic E-state index is 5.71. The molecular formula is C15H22BrNS. The van der Waals surface area contributed by atoms with Crippen molar-refractivity contribution >= 4 is 27.7 Å². The SMILES string of the molecule is CC1CCCC(Sc2ccc(Br)cc2CCN)C1. The predicted molar refractivity (Wildman–Crippen MR) is 84.2 cm³/mol. The Hall–Kier alpha value is 0.01000. The number of thioether (sulfide) groups is 1. The van der Waals surface area contributed by atoms with E-state index in [0.29, 0.717) is 0 Å². The van der Waals surface area contributed by atoms with Crippen molar-refractivity contribution in [3.05, 3.63) is 28.2 Å². The molecule has 0 amide bonds. The molecule has 0 radical (unpaired) electrons. The minimum absolute atomic E-state index is 0.727. The highest BCUT2D eigenvalue weighted by molar-refractivity contribution is 9.10. The molecule has 0 heterocycles. The smallest absolute Gasteiger partial charge is 0.0178 e. The fraction of sp³-hybridized carbons (Fsp3) is 0.600. The summed E-state index contributed by atoms with van der Waals surface area (Å²) in [5.74, 6) is 0.893. The molecule has 0 saturated heterocycles. The summed E-state index contributed by atoms with van der Waals surface area (Å²) in [6.07, 6.45) is 6.51. The molecule has 1 fully saturated rings. The van der Waals surface area contributed by atoms with Crippen LogP contribution in [0.3, 0.4) is 0 Å². The molecule has 2 N–H and O–H groups in total. The van der Waals surface area contributed by atoms with E-state index in [1.165, 1.54) is 36.1 Å². The number of nitrogens with two attached hydrogens (primary N) is 1. The van der Waals surface area contributed by atoms with E-state index in [9.17, 15) is 0 Å². The van der Waals surface area contributed by atoms with Gasteiger partial charge in [-0.3, -0.25) is 0 Å². The van der Waals surface area contributed by atoms with E-state index < -0.39 is 0 Å². The molecule has 0 aliphatic heterocycles. The van der Waals surface area contributed by atoms with E-state index in [1.54, 1.807) is 0 Å². The van der Waals surface area contributed by atoms with E-state index in [1.807, 2.05) is 0 Å². The Balaban J connectivity index is 2.07. The van der Waals surface area contributed by atoms with Crippen LogP contribution in [0.1, 0.15) is 38.2 Å². The van der Waals surface area contributed by atoms with Gasteiger partial charge in [-0.1, -0.05) is 35.7 Å². The zero-order valence-electron chi connectivity index (χ0n) is 11.0. The summed E-state index contributed by atoms with van der Waals surface area (Å²) >= 11 is 5.62. The first-order chi connectivity index (χ1) is 8.69. The van der Waals surface area contributed by atoms with Gasteiger partial charge in [-0.2, -0.15) is 0 Å². The van der Waals surface area contributed by atoms with Crippen molar-refractivity contribution in [2.24, 2.45) is 11.7 Å². The first-order valence-corrected chi connectivity index (χ1v) is 8.51. The number of rotatable bonds is 4. The number of benzene rings is 1. The summed E-state index contributed by atoms with van der Waals surface area (Å²) in [4.78, 5) is 1.43. The van der Waals surface area contributed by atoms with Crippen LogP contribution in [0.5, 0.6) is 0 Å². The molecule has 2 rings (SSSR count). The Kier molecular flexibility index (Phi) is 5.58. The van der Waals surface area contributed by atoms with Crippen molar-refractivity contribution in [1.82, 2.24) is 0 Å². The van der Waals surface area contributed by atoms with Crippen LogP contribution in [-0.4, -0.2) is 11.8 Å². The standard InChI is InChI=1S/C15H22BrNS/c1-11-3-2-4-14(9-11)18-15-6-5-13(16)10-12(15)7-8-17/h5-6,10-11,14H,2-4,7-9,17H2,1H3. The molecule has 1 saturated carbocycles. The minimum Gasteiger partial charge on any atom is -0.330 e. The minimum atomic E-state index is 0.727. The van der Waals surface area contributed by atoms with Gasteiger partial charge in [0.1, 0.15) is 0 Å². The first kappa shape index (κ1) is 14.4. The highest BCUT2D eigenvalue weighted by Gasteiger charge is 2.20. The van der Waals surface area contributed by atoms with Gasteiger partial charge < -0.3 is 5.73 Å². The van der Waals surface area contributed by atoms with Gasteiger partial charge in [0.25, 0.3) is 0 Å². The molecule has 0 bridgehead atoms. The Morgan fingerprint density at radius 1 is 1.39 bits per heavy atom.